The quantitative estimate of drug-likeness (QED) is 0.495. The second-order valence-electron chi connectivity index (χ2n) is 4.81. The third-order valence-electron chi connectivity index (χ3n) is 3.55. The fourth-order valence-corrected chi connectivity index (χ4v) is 2.48. The summed E-state index contributed by atoms with van der Waals surface area (Å²) in [4.78, 5) is 4.65. The van der Waals surface area contributed by atoms with Crippen LogP contribution in [-0.4, -0.2) is 14.5 Å². The smallest absolute Gasteiger partial charge is 0.356 e. The van der Waals surface area contributed by atoms with Crippen LogP contribution in [0, 0.1) is 6.92 Å². The minimum atomic E-state index is 0. The molecule has 1 aromatic carbocycles. The molecule has 0 aliphatic carbocycles. The van der Waals surface area contributed by atoms with Crippen molar-refractivity contribution in [1.82, 2.24) is 14.5 Å². The first-order chi connectivity index (χ1) is 9.74. The molecule has 0 bridgehead atoms. The van der Waals surface area contributed by atoms with E-state index >= 15 is 0 Å². The average Bonchev–Trinajstić information content (AvgIpc) is 3.01. The van der Waals surface area contributed by atoms with Crippen molar-refractivity contribution in [2.45, 2.75) is 6.92 Å². The summed E-state index contributed by atoms with van der Waals surface area (Å²) in [6.07, 6.45) is 1.97. The number of hydrogen-bond acceptors (Lipinski definition) is 3. The van der Waals surface area contributed by atoms with Crippen molar-refractivity contribution in [3.8, 4) is 11.3 Å². The molecule has 0 atom stereocenters. The predicted molar refractivity (Wildman–Crippen MR) is 75.5 cm³/mol. The second-order valence-corrected chi connectivity index (χ2v) is 4.81. The van der Waals surface area contributed by atoms with E-state index in [0.29, 0.717) is 0 Å². The topological polar surface area (TPSA) is 71.0 Å². The number of hydrogen-bond donors (Lipinski definition) is 1. The third kappa shape index (κ3) is 2.43. The van der Waals surface area contributed by atoms with Crippen LogP contribution in [0.2, 0.25) is 0 Å². The Kier molecular flexibility index (Phi) is 4.11. The number of imidazole rings is 1. The van der Waals surface area contributed by atoms with Crippen LogP contribution >= 0.6 is 0 Å². The maximum atomic E-state index is 5.24. The van der Waals surface area contributed by atoms with Gasteiger partial charge >= 0.3 is 58.2 Å². The summed E-state index contributed by atoms with van der Waals surface area (Å²) in [6.45, 7) is 1.93. The Labute approximate surface area is 169 Å². The summed E-state index contributed by atoms with van der Waals surface area (Å²) in [5.41, 5.74) is 8.63. The van der Waals surface area contributed by atoms with Crippen molar-refractivity contribution in [3.63, 3.8) is 0 Å². The van der Waals surface area contributed by atoms with Crippen LogP contribution in [0.5, 0.6) is 0 Å². The van der Waals surface area contributed by atoms with Crippen LogP contribution in [0.3, 0.4) is 0 Å². The van der Waals surface area contributed by atoms with Crippen molar-refractivity contribution in [3.05, 3.63) is 48.3 Å². The monoisotopic (exact) mass is 350 g/mol. The first kappa shape index (κ1) is 15.1. The van der Waals surface area contributed by atoms with Gasteiger partial charge < -0.3 is 10.3 Å². The number of quaternary nitrogens is 1. The molecule has 0 saturated heterocycles. The Hall–Kier alpha value is -0.855. The van der Waals surface area contributed by atoms with Gasteiger partial charge in [0.05, 0.1) is 5.69 Å². The molecule has 0 amide bonds. The van der Waals surface area contributed by atoms with Gasteiger partial charge in [-0.1, -0.05) is 11.2 Å². The van der Waals surface area contributed by atoms with Gasteiger partial charge in [0.15, 0.2) is 11.3 Å². The maximum Gasteiger partial charge on any atom is 1.00 e. The van der Waals surface area contributed by atoms with E-state index in [1.807, 2.05) is 47.9 Å². The van der Waals surface area contributed by atoms with E-state index in [1.165, 1.54) is 0 Å². The minimum Gasteiger partial charge on any atom is -0.356 e. The fourth-order valence-electron chi connectivity index (χ4n) is 2.48. The molecular formula is C15H13N4ORb+2. The number of fused-ring (bicyclic) bond motifs is 2. The molecule has 0 aliphatic rings. The van der Waals surface area contributed by atoms with Gasteiger partial charge in [0, 0.05) is 17.1 Å². The number of benzene rings is 1. The predicted octanol–water partition coefficient (Wildman–Crippen LogP) is -0.672. The summed E-state index contributed by atoms with van der Waals surface area (Å²) in [7, 11) is 0. The van der Waals surface area contributed by atoms with Crippen LogP contribution < -0.4 is 63.9 Å². The van der Waals surface area contributed by atoms with Crippen molar-refractivity contribution in [2.75, 3.05) is 0 Å². The van der Waals surface area contributed by atoms with Crippen LogP contribution in [0.1, 0.15) is 5.69 Å². The summed E-state index contributed by atoms with van der Waals surface area (Å²) in [5, 5.41) is 4.99. The molecule has 3 heterocycles. The largest absolute Gasteiger partial charge is 1.00 e. The molecule has 6 heteroatoms. The van der Waals surface area contributed by atoms with Crippen molar-refractivity contribution in [1.29, 1.82) is 0 Å². The fraction of sp³-hybridized carbons (Fsp3) is 0.0667. The number of pyridine rings is 1. The first-order valence-corrected chi connectivity index (χ1v) is 6.39. The Balaban J connectivity index is 0.00000132. The molecule has 0 spiro atoms. The van der Waals surface area contributed by atoms with Gasteiger partial charge in [-0.15, -0.1) is 0 Å². The normalized spacial score (nSPS) is 11.0. The van der Waals surface area contributed by atoms with Crippen LogP contribution in [0.25, 0.3) is 27.9 Å². The van der Waals surface area contributed by atoms with Gasteiger partial charge in [0.25, 0.3) is 0 Å². The van der Waals surface area contributed by atoms with Gasteiger partial charge in [-0.2, -0.15) is 0 Å². The molecule has 3 aromatic heterocycles. The zero-order valence-corrected chi connectivity index (χ0v) is 16.9. The summed E-state index contributed by atoms with van der Waals surface area (Å²) in [6, 6.07) is 11.9. The van der Waals surface area contributed by atoms with Gasteiger partial charge in [0.1, 0.15) is 5.65 Å². The minimum absolute atomic E-state index is 0. The van der Waals surface area contributed by atoms with E-state index in [2.05, 4.69) is 21.9 Å². The van der Waals surface area contributed by atoms with Crippen molar-refractivity contribution >= 4 is 22.4 Å². The Morgan fingerprint density at radius 1 is 1.19 bits per heavy atom. The molecular weight excluding hydrogens is 338 g/mol. The molecule has 3 N–H and O–H groups in total. The number of rotatable bonds is 1. The van der Waals surface area contributed by atoms with Crippen LogP contribution in [0.15, 0.2) is 47.1 Å². The Morgan fingerprint density at radius 2 is 2.05 bits per heavy atom. The van der Waals surface area contributed by atoms with Gasteiger partial charge in [-0.3, -0.25) is 4.40 Å². The van der Waals surface area contributed by atoms with Gasteiger partial charge in [0.2, 0.25) is 5.82 Å². The van der Waals surface area contributed by atoms with E-state index in [9.17, 15) is 0 Å². The van der Waals surface area contributed by atoms with Crippen LogP contribution in [-0.2, 0) is 0 Å². The molecule has 98 valence electrons. The standard InChI is InChI=1S/C15H12N4O.Rb/c1-9-11-8-10(5-6-12(11)20-18-9)14-15(16)19-7-3-2-4-13(19)17-14;/h2-8H,16H2,1H3;/q;+1/p+1. The Morgan fingerprint density at radius 3 is 2.86 bits per heavy atom. The molecule has 4 aromatic rings. The number of aromatic nitrogens is 3. The van der Waals surface area contributed by atoms with Gasteiger partial charge in [-0.05, 0) is 37.3 Å². The molecule has 21 heavy (non-hydrogen) atoms. The molecule has 0 unspecified atom stereocenters. The zero-order valence-electron chi connectivity index (χ0n) is 12.0. The molecule has 0 fully saturated rings. The van der Waals surface area contributed by atoms with Crippen molar-refractivity contribution < 1.29 is 68.4 Å². The first-order valence-electron chi connectivity index (χ1n) is 6.39. The second kappa shape index (κ2) is 5.74. The van der Waals surface area contributed by atoms with E-state index in [1.54, 1.807) is 0 Å². The van der Waals surface area contributed by atoms with E-state index in [-0.39, 0.29) is 58.2 Å². The average molecular weight is 351 g/mol. The number of nitrogens with zero attached hydrogens (tertiary/aromatic N) is 3. The van der Waals surface area contributed by atoms with Gasteiger partial charge in [-0.25, -0.2) is 4.98 Å². The summed E-state index contributed by atoms with van der Waals surface area (Å²) < 4.78 is 7.22. The number of aryl methyl sites for hydroxylation is 1. The molecule has 0 radical (unpaired) electrons. The van der Waals surface area contributed by atoms with E-state index in [0.717, 1.165) is 39.4 Å². The zero-order chi connectivity index (χ0) is 13.7. The third-order valence-corrected chi connectivity index (χ3v) is 3.55. The summed E-state index contributed by atoms with van der Waals surface area (Å²) in [5.74, 6) is 0.883. The maximum absolute atomic E-state index is 5.24. The SMILES string of the molecule is Cc1noc2ccc(-c3nc4ccccn4c3[NH3+])cc12.[Rb+]. The summed E-state index contributed by atoms with van der Waals surface area (Å²) >= 11 is 0. The molecule has 0 saturated carbocycles. The van der Waals surface area contributed by atoms with Crippen LogP contribution in [0.4, 0.5) is 5.82 Å². The van der Waals surface area contributed by atoms with E-state index in [4.69, 9.17) is 4.52 Å². The molecule has 5 nitrogen and oxygen atoms in total. The van der Waals surface area contributed by atoms with E-state index < -0.39 is 0 Å². The molecule has 0 aliphatic heterocycles. The Bertz CT molecular complexity index is 941. The molecule has 4 rings (SSSR count). The van der Waals surface area contributed by atoms with Crippen molar-refractivity contribution in [2.24, 2.45) is 0 Å².